The molecular weight excluding hydrogens is 210 g/mol. The van der Waals surface area contributed by atoms with Gasteiger partial charge in [-0.15, -0.1) is 0 Å². The van der Waals surface area contributed by atoms with Gasteiger partial charge in [-0.25, -0.2) is 0 Å². The van der Waals surface area contributed by atoms with Gasteiger partial charge >= 0.3 is 0 Å². The van der Waals surface area contributed by atoms with E-state index < -0.39 is 0 Å². The minimum Gasteiger partial charge on any atom is -0.294 e. The molecule has 0 bridgehead atoms. The molecule has 2 nitrogen and oxygen atoms in total. The molecule has 0 radical (unpaired) electrons. The quantitative estimate of drug-likeness (QED) is 0.727. The third-order valence-electron chi connectivity index (χ3n) is 4.27. The van der Waals surface area contributed by atoms with Crippen molar-refractivity contribution < 1.29 is 4.79 Å². The number of carbonyl (C=O) groups excluding carboxylic acids is 1. The lowest BCUT2D eigenvalue weighted by Gasteiger charge is -2.31. The Hall–Kier alpha value is -1.18. The van der Waals surface area contributed by atoms with Gasteiger partial charge in [0.1, 0.15) is 0 Å². The Bertz CT molecular complexity index is 413. The molecule has 0 amide bonds. The summed E-state index contributed by atoms with van der Waals surface area (Å²) in [5, 5.41) is 0. The number of ketones is 1. The molecule has 1 aliphatic rings. The van der Waals surface area contributed by atoms with Crippen molar-refractivity contribution in [1.29, 1.82) is 0 Å². The Kier molecular flexibility index (Phi) is 3.60. The molecule has 0 aromatic carbocycles. The van der Waals surface area contributed by atoms with Gasteiger partial charge in [0, 0.05) is 23.9 Å². The zero-order chi connectivity index (χ0) is 12.4. The molecular formula is C15H21NO. The van der Waals surface area contributed by atoms with Crippen LogP contribution in [0, 0.1) is 24.7 Å². The van der Waals surface area contributed by atoms with Gasteiger partial charge in [0.2, 0.25) is 0 Å². The van der Waals surface area contributed by atoms with E-state index in [1.807, 2.05) is 13.0 Å². The molecule has 3 unspecified atom stereocenters. The van der Waals surface area contributed by atoms with Crippen LogP contribution in [0.3, 0.4) is 0 Å². The van der Waals surface area contributed by atoms with Crippen molar-refractivity contribution in [2.45, 2.75) is 40.0 Å². The number of aryl methyl sites for hydroxylation is 1. The Morgan fingerprint density at radius 1 is 1.29 bits per heavy atom. The smallest absolute Gasteiger partial charge is 0.167 e. The number of Topliss-reactive ketones (excluding diaryl/α,β-unsaturated/α-hetero) is 1. The van der Waals surface area contributed by atoms with Crippen LogP contribution in [0.1, 0.15) is 49.0 Å². The van der Waals surface area contributed by atoms with Crippen molar-refractivity contribution in [3.63, 3.8) is 0 Å². The standard InChI is InChI=1S/C15H21NO/c1-10-4-5-13(8-12(10)3)15(17)14-9-16-7-6-11(14)2/h6-7,9-10,12-13H,4-5,8H2,1-3H3. The molecule has 92 valence electrons. The zero-order valence-corrected chi connectivity index (χ0v) is 10.9. The van der Waals surface area contributed by atoms with E-state index in [1.165, 1.54) is 6.42 Å². The van der Waals surface area contributed by atoms with Gasteiger partial charge < -0.3 is 0 Å². The fraction of sp³-hybridized carbons (Fsp3) is 0.600. The maximum atomic E-state index is 12.4. The zero-order valence-electron chi connectivity index (χ0n) is 10.9. The van der Waals surface area contributed by atoms with Crippen molar-refractivity contribution in [2.75, 3.05) is 0 Å². The van der Waals surface area contributed by atoms with Crippen molar-refractivity contribution >= 4 is 5.78 Å². The fourth-order valence-electron chi connectivity index (χ4n) is 2.73. The highest BCUT2D eigenvalue weighted by Gasteiger charge is 2.30. The first-order valence-corrected chi connectivity index (χ1v) is 6.54. The Balaban J connectivity index is 2.14. The first-order chi connectivity index (χ1) is 8.09. The molecule has 1 aromatic rings. The predicted octanol–water partition coefficient (Wildman–Crippen LogP) is 3.65. The van der Waals surface area contributed by atoms with Crippen LogP contribution < -0.4 is 0 Å². The normalized spacial score (nSPS) is 29.0. The molecule has 1 heterocycles. The lowest BCUT2D eigenvalue weighted by atomic mass is 9.73. The van der Waals surface area contributed by atoms with E-state index in [1.54, 1.807) is 12.4 Å². The average Bonchev–Trinajstić information content (AvgIpc) is 2.32. The van der Waals surface area contributed by atoms with Gasteiger partial charge in [-0.1, -0.05) is 13.8 Å². The Labute approximate surface area is 103 Å². The van der Waals surface area contributed by atoms with Gasteiger partial charge in [-0.05, 0) is 49.7 Å². The highest BCUT2D eigenvalue weighted by atomic mass is 16.1. The van der Waals surface area contributed by atoms with Crippen molar-refractivity contribution in [3.8, 4) is 0 Å². The average molecular weight is 231 g/mol. The summed E-state index contributed by atoms with van der Waals surface area (Å²) in [4.78, 5) is 16.5. The third kappa shape index (κ3) is 2.56. The topological polar surface area (TPSA) is 30.0 Å². The number of aromatic nitrogens is 1. The van der Waals surface area contributed by atoms with Crippen LogP contribution in [-0.4, -0.2) is 10.8 Å². The lowest BCUT2D eigenvalue weighted by molar-refractivity contribution is 0.0836. The Morgan fingerprint density at radius 3 is 2.71 bits per heavy atom. The Morgan fingerprint density at radius 2 is 2.06 bits per heavy atom. The summed E-state index contributed by atoms with van der Waals surface area (Å²) in [5.74, 6) is 1.93. The molecule has 1 aromatic heterocycles. The lowest BCUT2D eigenvalue weighted by Crippen LogP contribution is -2.27. The van der Waals surface area contributed by atoms with Crippen LogP contribution in [-0.2, 0) is 0 Å². The molecule has 0 N–H and O–H groups in total. The van der Waals surface area contributed by atoms with Crippen LogP contribution >= 0.6 is 0 Å². The molecule has 3 atom stereocenters. The summed E-state index contributed by atoms with van der Waals surface area (Å²) >= 11 is 0. The van der Waals surface area contributed by atoms with E-state index in [2.05, 4.69) is 18.8 Å². The van der Waals surface area contributed by atoms with E-state index in [4.69, 9.17) is 0 Å². The molecule has 1 saturated carbocycles. The number of rotatable bonds is 2. The van der Waals surface area contributed by atoms with Gasteiger partial charge in [-0.3, -0.25) is 9.78 Å². The van der Waals surface area contributed by atoms with E-state index in [0.717, 1.165) is 29.9 Å². The SMILES string of the molecule is Cc1ccncc1C(=O)C1CCC(C)C(C)C1. The highest BCUT2D eigenvalue weighted by Crippen LogP contribution is 2.35. The van der Waals surface area contributed by atoms with Gasteiger partial charge in [0.15, 0.2) is 5.78 Å². The van der Waals surface area contributed by atoms with Crippen LogP contribution in [0.2, 0.25) is 0 Å². The molecule has 1 fully saturated rings. The molecule has 0 aliphatic heterocycles. The second-order valence-electron chi connectivity index (χ2n) is 5.52. The fourth-order valence-corrected chi connectivity index (χ4v) is 2.73. The third-order valence-corrected chi connectivity index (χ3v) is 4.27. The maximum Gasteiger partial charge on any atom is 0.167 e. The van der Waals surface area contributed by atoms with Crippen LogP contribution in [0.4, 0.5) is 0 Å². The first kappa shape index (κ1) is 12.3. The maximum absolute atomic E-state index is 12.4. The molecule has 1 aliphatic carbocycles. The van der Waals surface area contributed by atoms with Gasteiger partial charge in [-0.2, -0.15) is 0 Å². The highest BCUT2D eigenvalue weighted by molar-refractivity contribution is 5.98. The van der Waals surface area contributed by atoms with Crippen molar-refractivity contribution in [2.24, 2.45) is 17.8 Å². The van der Waals surface area contributed by atoms with Crippen molar-refractivity contribution in [3.05, 3.63) is 29.6 Å². The van der Waals surface area contributed by atoms with E-state index >= 15 is 0 Å². The van der Waals surface area contributed by atoms with Gasteiger partial charge in [0.05, 0.1) is 0 Å². The number of hydrogen-bond donors (Lipinski definition) is 0. The summed E-state index contributed by atoms with van der Waals surface area (Å²) < 4.78 is 0. The number of carbonyl (C=O) groups is 1. The van der Waals surface area contributed by atoms with Crippen LogP contribution in [0.15, 0.2) is 18.5 Å². The second-order valence-corrected chi connectivity index (χ2v) is 5.52. The number of pyridine rings is 1. The predicted molar refractivity (Wildman–Crippen MR) is 69.0 cm³/mol. The summed E-state index contributed by atoms with van der Waals surface area (Å²) in [6.45, 7) is 6.55. The summed E-state index contributed by atoms with van der Waals surface area (Å²) in [7, 11) is 0. The monoisotopic (exact) mass is 231 g/mol. The molecule has 0 saturated heterocycles. The first-order valence-electron chi connectivity index (χ1n) is 6.54. The number of hydrogen-bond acceptors (Lipinski definition) is 2. The largest absolute Gasteiger partial charge is 0.294 e. The van der Waals surface area contributed by atoms with Crippen LogP contribution in [0.25, 0.3) is 0 Å². The molecule has 2 heteroatoms. The minimum absolute atomic E-state index is 0.212. The van der Waals surface area contributed by atoms with Crippen LogP contribution in [0.5, 0.6) is 0 Å². The van der Waals surface area contributed by atoms with Crippen molar-refractivity contribution in [1.82, 2.24) is 4.98 Å². The van der Waals surface area contributed by atoms with E-state index in [-0.39, 0.29) is 5.92 Å². The summed E-state index contributed by atoms with van der Waals surface area (Å²) in [6.07, 6.45) is 6.72. The minimum atomic E-state index is 0.212. The second kappa shape index (κ2) is 4.99. The number of nitrogens with zero attached hydrogens (tertiary/aromatic N) is 1. The molecule has 17 heavy (non-hydrogen) atoms. The summed E-state index contributed by atoms with van der Waals surface area (Å²) in [6, 6.07) is 1.92. The summed E-state index contributed by atoms with van der Waals surface area (Å²) in [5.41, 5.74) is 1.87. The molecule has 0 spiro atoms. The van der Waals surface area contributed by atoms with E-state index in [9.17, 15) is 4.79 Å². The van der Waals surface area contributed by atoms with Gasteiger partial charge in [0.25, 0.3) is 0 Å². The van der Waals surface area contributed by atoms with E-state index in [0.29, 0.717) is 11.7 Å². The molecule has 2 rings (SSSR count).